The van der Waals surface area contributed by atoms with E-state index in [9.17, 15) is 8.78 Å². The van der Waals surface area contributed by atoms with E-state index in [0.717, 1.165) is 31.5 Å². The van der Waals surface area contributed by atoms with Crippen molar-refractivity contribution >= 4 is 0 Å². The lowest BCUT2D eigenvalue weighted by molar-refractivity contribution is 0.255. The maximum atomic E-state index is 13.0. The summed E-state index contributed by atoms with van der Waals surface area (Å²) in [4.78, 5) is 2.26. The molecule has 1 nitrogen and oxygen atoms in total. The van der Waals surface area contributed by atoms with Crippen LogP contribution in [0.2, 0.25) is 0 Å². The number of likely N-dealkylation sites (tertiary alicyclic amines) is 1. The lowest BCUT2D eigenvalue weighted by Crippen LogP contribution is -2.29. The molecular weight excluding hydrogens is 196 g/mol. The second kappa shape index (κ2) is 4.27. The largest absolute Gasteiger partial charge is 0.306 e. The highest BCUT2D eigenvalue weighted by atomic mass is 19.2. The third-order valence-corrected chi connectivity index (χ3v) is 3.13. The molecule has 0 radical (unpaired) electrons. The molecule has 0 bridgehead atoms. The highest BCUT2D eigenvalue weighted by molar-refractivity contribution is 5.22. The smallest absolute Gasteiger partial charge is 0.159 e. The van der Waals surface area contributed by atoms with Crippen molar-refractivity contribution in [3.8, 4) is 0 Å². The Balaban J connectivity index is 2.12. The van der Waals surface area contributed by atoms with E-state index in [1.54, 1.807) is 6.07 Å². The summed E-state index contributed by atoms with van der Waals surface area (Å²) in [6, 6.07) is 4.27. The molecule has 0 unspecified atom stereocenters. The molecule has 1 fully saturated rings. The fraction of sp³-hybridized carbons (Fsp3) is 0.500. The molecule has 0 aromatic heterocycles. The molecule has 0 saturated carbocycles. The fourth-order valence-electron chi connectivity index (χ4n) is 2.11. The molecule has 1 heterocycles. The van der Waals surface area contributed by atoms with E-state index >= 15 is 0 Å². The van der Waals surface area contributed by atoms with Gasteiger partial charge in [0.25, 0.3) is 0 Å². The van der Waals surface area contributed by atoms with Crippen LogP contribution >= 0.6 is 0 Å². The minimum atomic E-state index is -0.758. The summed E-state index contributed by atoms with van der Waals surface area (Å²) < 4.78 is 25.8. The quantitative estimate of drug-likeness (QED) is 0.690. The van der Waals surface area contributed by atoms with Crippen molar-refractivity contribution in [2.75, 3.05) is 20.1 Å². The summed E-state index contributed by atoms with van der Waals surface area (Å²) in [6.07, 6.45) is 2.06. The first-order valence-electron chi connectivity index (χ1n) is 5.30. The maximum Gasteiger partial charge on any atom is 0.159 e. The van der Waals surface area contributed by atoms with E-state index in [-0.39, 0.29) is 0 Å². The summed E-state index contributed by atoms with van der Waals surface area (Å²) in [7, 11) is 2.08. The van der Waals surface area contributed by atoms with E-state index < -0.39 is 11.6 Å². The lowest BCUT2D eigenvalue weighted by Gasteiger charge is -2.29. The molecule has 1 saturated heterocycles. The molecule has 0 amide bonds. The summed E-state index contributed by atoms with van der Waals surface area (Å²) in [5.74, 6) is -1.10. The summed E-state index contributed by atoms with van der Waals surface area (Å²) in [6.45, 7) is 2.06. The maximum absolute atomic E-state index is 13.0. The predicted octanol–water partition coefficient (Wildman–Crippen LogP) is 2.77. The Bertz CT molecular complexity index is 343. The Kier molecular flexibility index (Phi) is 3.00. The average Bonchev–Trinajstić information content (AvgIpc) is 2.23. The van der Waals surface area contributed by atoms with Gasteiger partial charge in [0.1, 0.15) is 0 Å². The van der Waals surface area contributed by atoms with Crippen LogP contribution in [0.15, 0.2) is 18.2 Å². The first kappa shape index (κ1) is 10.6. The summed E-state index contributed by atoms with van der Waals surface area (Å²) in [5.41, 5.74) is 0.932. The first-order valence-corrected chi connectivity index (χ1v) is 5.30. The second-order valence-corrected chi connectivity index (χ2v) is 4.25. The summed E-state index contributed by atoms with van der Waals surface area (Å²) in [5, 5.41) is 0. The molecule has 1 aliphatic heterocycles. The number of benzene rings is 1. The van der Waals surface area contributed by atoms with E-state index in [1.807, 2.05) is 0 Å². The van der Waals surface area contributed by atoms with Gasteiger partial charge in [-0.1, -0.05) is 6.07 Å². The van der Waals surface area contributed by atoms with E-state index in [4.69, 9.17) is 0 Å². The van der Waals surface area contributed by atoms with Gasteiger partial charge in [0.05, 0.1) is 0 Å². The second-order valence-electron chi connectivity index (χ2n) is 4.25. The summed E-state index contributed by atoms with van der Waals surface area (Å²) >= 11 is 0. The van der Waals surface area contributed by atoms with Gasteiger partial charge in [-0.25, -0.2) is 8.78 Å². The Morgan fingerprint density at radius 3 is 2.40 bits per heavy atom. The number of rotatable bonds is 1. The van der Waals surface area contributed by atoms with Gasteiger partial charge in [0, 0.05) is 0 Å². The number of hydrogen-bond donors (Lipinski definition) is 0. The van der Waals surface area contributed by atoms with Crippen molar-refractivity contribution in [1.29, 1.82) is 0 Å². The number of piperidine rings is 1. The lowest BCUT2D eigenvalue weighted by atomic mass is 9.89. The average molecular weight is 211 g/mol. The van der Waals surface area contributed by atoms with Gasteiger partial charge in [0.2, 0.25) is 0 Å². The van der Waals surface area contributed by atoms with Crippen molar-refractivity contribution in [2.24, 2.45) is 0 Å². The topological polar surface area (TPSA) is 3.24 Å². The predicted molar refractivity (Wildman–Crippen MR) is 55.8 cm³/mol. The molecule has 2 rings (SSSR count). The highest BCUT2D eigenvalue weighted by Gasteiger charge is 2.19. The van der Waals surface area contributed by atoms with Crippen LogP contribution in [0, 0.1) is 11.6 Å². The van der Waals surface area contributed by atoms with Gasteiger partial charge in [-0.3, -0.25) is 0 Å². The van der Waals surface area contributed by atoms with E-state index in [2.05, 4.69) is 11.9 Å². The zero-order valence-electron chi connectivity index (χ0n) is 8.84. The van der Waals surface area contributed by atoms with Gasteiger partial charge in [0.15, 0.2) is 11.6 Å². The molecule has 15 heavy (non-hydrogen) atoms. The Morgan fingerprint density at radius 2 is 1.80 bits per heavy atom. The van der Waals surface area contributed by atoms with Crippen molar-refractivity contribution < 1.29 is 8.78 Å². The van der Waals surface area contributed by atoms with Gasteiger partial charge in [-0.15, -0.1) is 0 Å². The molecule has 82 valence electrons. The zero-order valence-corrected chi connectivity index (χ0v) is 8.84. The van der Waals surface area contributed by atoms with Gasteiger partial charge in [-0.05, 0) is 56.6 Å². The van der Waals surface area contributed by atoms with Crippen LogP contribution in [-0.2, 0) is 0 Å². The fourth-order valence-corrected chi connectivity index (χ4v) is 2.11. The molecule has 3 heteroatoms. The molecule has 0 spiro atoms. The van der Waals surface area contributed by atoms with Crippen LogP contribution in [0.5, 0.6) is 0 Å². The van der Waals surface area contributed by atoms with Crippen LogP contribution in [0.25, 0.3) is 0 Å². The van der Waals surface area contributed by atoms with Crippen LogP contribution in [-0.4, -0.2) is 25.0 Å². The van der Waals surface area contributed by atoms with Crippen LogP contribution in [0.1, 0.15) is 24.3 Å². The van der Waals surface area contributed by atoms with Crippen molar-refractivity contribution in [2.45, 2.75) is 18.8 Å². The normalized spacial score (nSPS) is 19.4. The third kappa shape index (κ3) is 2.34. The van der Waals surface area contributed by atoms with Gasteiger partial charge in [-0.2, -0.15) is 0 Å². The van der Waals surface area contributed by atoms with E-state index in [0.29, 0.717) is 5.92 Å². The zero-order chi connectivity index (χ0) is 10.8. The van der Waals surface area contributed by atoms with Crippen molar-refractivity contribution in [3.05, 3.63) is 35.4 Å². The number of nitrogens with zero attached hydrogens (tertiary/aromatic N) is 1. The van der Waals surface area contributed by atoms with Gasteiger partial charge < -0.3 is 4.90 Å². The molecular formula is C12H15F2N. The number of halogens is 2. The number of hydrogen-bond acceptors (Lipinski definition) is 1. The Labute approximate surface area is 88.7 Å². The molecule has 1 aromatic rings. The third-order valence-electron chi connectivity index (χ3n) is 3.13. The SMILES string of the molecule is CN1CCC(c2ccc(F)c(F)c2)CC1. The molecule has 1 aromatic carbocycles. The van der Waals surface area contributed by atoms with Crippen LogP contribution < -0.4 is 0 Å². The highest BCUT2D eigenvalue weighted by Crippen LogP contribution is 2.28. The first-order chi connectivity index (χ1) is 7.16. The Hall–Kier alpha value is -0.960. The van der Waals surface area contributed by atoms with E-state index in [1.165, 1.54) is 12.1 Å². The van der Waals surface area contributed by atoms with Crippen LogP contribution in [0.4, 0.5) is 8.78 Å². The minimum absolute atomic E-state index is 0.385. The van der Waals surface area contributed by atoms with Crippen LogP contribution in [0.3, 0.4) is 0 Å². The standard InChI is InChI=1S/C12H15F2N/c1-15-6-4-9(5-7-15)10-2-3-11(13)12(14)8-10/h2-3,8-9H,4-7H2,1H3. The molecule has 0 atom stereocenters. The van der Waals surface area contributed by atoms with Gasteiger partial charge >= 0.3 is 0 Å². The monoisotopic (exact) mass is 211 g/mol. The Morgan fingerprint density at radius 1 is 1.13 bits per heavy atom. The van der Waals surface area contributed by atoms with Crippen molar-refractivity contribution in [3.63, 3.8) is 0 Å². The molecule has 1 aliphatic rings. The molecule has 0 N–H and O–H groups in total. The minimum Gasteiger partial charge on any atom is -0.306 e. The van der Waals surface area contributed by atoms with Crippen molar-refractivity contribution in [1.82, 2.24) is 4.90 Å². The molecule has 0 aliphatic carbocycles.